The van der Waals surface area contributed by atoms with Crippen molar-refractivity contribution in [2.24, 2.45) is 0 Å². The van der Waals surface area contributed by atoms with E-state index in [2.05, 4.69) is 15.3 Å². The predicted octanol–water partition coefficient (Wildman–Crippen LogP) is 2.05. The van der Waals surface area contributed by atoms with E-state index in [-0.39, 0.29) is 16.4 Å². The zero-order valence-corrected chi connectivity index (χ0v) is 10.9. The lowest BCUT2D eigenvalue weighted by molar-refractivity contribution is 0.0687. The first-order chi connectivity index (χ1) is 9.08. The molecule has 2 aromatic heterocycles. The number of ketones is 1. The summed E-state index contributed by atoms with van der Waals surface area (Å²) in [4.78, 5) is 30.5. The molecule has 2 rings (SSSR count). The number of hydrogen-bond donors (Lipinski definition) is 2. The van der Waals surface area contributed by atoms with Gasteiger partial charge in [-0.25, -0.2) is 9.78 Å². The molecule has 0 saturated carbocycles. The number of nitrogens with one attached hydrogen (secondary N) is 1. The standard InChI is InChI=1S/C12H11N3O3S/c1-7(16)10-9(11(17)18)15-12(19-10)14-6-8-4-2-3-5-13-8/h2-5H,6H2,1H3,(H,14,15)(H,17,18). The van der Waals surface area contributed by atoms with Gasteiger partial charge in [-0.2, -0.15) is 0 Å². The summed E-state index contributed by atoms with van der Waals surface area (Å²) in [7, 11) is 0. The van der Waals surface area contributed by atoms with Gasteiger partial charge in [-0.3, -0.25) is 9.78 Å². The van der Waals surface area contributed by atoms with E-state index in [4.69, 9.17) is 5.11 Å². The van der Waals surface area contributed by atoms with Crippen LogP contribution in [0.5, 0.6) is 0 Å². The van der Waals surface area contributed by atoms with Gasteiger partial charge in [0.15, 0.2) is 16.6 Å². The highest BCUT2D eigenvalue weighted by Crippen LogP contribution is 2.24. The van der Waals surface area contributed by atoms with Crippen molar-refractivity contribution in [1.29, 1.82) is 0 Å². The molecule has 0 aliphatic carbocycles. The van der Waals surface area contributed by atoms with Crippen LogP contribution in [-0.4, -0.2) is 26.8 Å². The number of carboxylic acids is 1. The molecule has 6 nitrogen and oxygen atoms in total. The second-order valence-electron chi connectivity index (χ2n) is 3.73. The molecule has 0 bridgehead atoms. The van der Waals surface area contributed by atoms with Gasteiger partial charge in [-0.15, -0.1) is 0 Å². The van der Waals surface area contributed by atoms with Gasteiger partial charge in [0.2, 0.25) is 0 Å². The second kappa shape index (κ2) is 5.57. The van der Waals surface area contributed by atoms with Crippen LogP contribution in [0.1, 0.15) is 32.8 Å². The number of hydrogen-bond acceptors (Lipinski definition) is 6. The third-order valence-electron chi connectivity index (χ3n) is 2.30. The molecule has 7 heteroatoms. The molecule has 0 amide bonds. The summed E-state index contributed by atoms with van der Waals surface area (Å²) in [5, 5.41) is 12.3. The smallest absolute Gasteiger partial charge is 0.356 e. The fourth-order valence-corrected chi connectivity index (χ4v) is 2.30. The Kier molecular flexibility index (Phi) is 3.86. The van der Waals surface area contributed by atoms with Gasteiger partial charge >= 0.3 is 5.97 Å². The Morgan fingerprint density at radius 1 is 1.42 bits per heavy atom. The molecule has 2 heterocycles. The maximum absolute atomic E-state index is 11.3. The number of nitrogens with zero attached hydrogens (tertiary/aromatic N) is 2. The Labute approximate surface area is 113 Å². The van der Waals surface area contributed by atoms with E-state index < -0.39 is 5.97 Å². The van der Waals surface area contributed by atoms with Crippen molar-refractivity contribution in [2.45, 2.75) is 13.5 Å². The Bertz CT molecular complexity index is 578. The maximum Gasteiger partial charge on any atom is 0.356 e. The van der Waals surface area contributed by atoms with E-state index in [0.29, 0.717) is 11.7 Å². The van der Waals surface area contributed by atoms with Crippen LogP contribution in [-0.2, 0) is 6.54 Å². The molecule has 0 saturated heterocycles. The number of carbonyl (C=O) groups is 2. The van der Waals surface area contributed by atoms with Gasteiger partial charge in [0.05, 0.1) is 12.2 Å². The van der Waals surface area contributed by atoms with E-state index in [1.165, 1.54) is 6.92 Å². The molecule has 2 aromatic rings. The van der Waals surface area contributed by atoms with Crippen LogP contribution in [0.15, 0.2) is 24.4 Å². The molecular weight excluding hydrogens is 266 g/mol. The molecule has 0 aromatic carbocycles. The van der Waals surface area contributed by atoms with Crippen molar-refractivity contribution in [2.75, 3.05) is 5.32 Å². The van der Waals surface area contributed by atoms with Crippen LogP contribution < -0.4 is 5.32 Å². The highest BCUT2D eigenvalue weighted by atomic mass is 32.1. The van der Waals surface area contributed by atoms with Crippen molar-refractivity contribution in [3.05, 3.63) is 40.7 Å². The van der Waals surface area contributed by atoms with Gasteiger partial charge in [0.1, 0.15) is 4.88 Å². The summed E-state index contributed by atoms with van der Waals surface area (Å²) in [5.41, 5.74) is 0.597. The molecule has 0 fully saturated rings. The van der Waals surface area contributed by atoms with Crippen molar-refractivity contribution < 1.29 is 14.7 Å². The first-order valence-electron chi connectivity index (χ1n) is 5.46. The number of aromatic carboxylic acids is 1. The first-order valence-corrected chi connectivity index (χ1v) is 6.28. The summed E-state index contributed by atoms with van der Waals surface area (Å²) in [6, 6.07) is 5.50. The molecule has 0 unspecified atom stereocenters. The Balaban J connectivity index is 2.15. The highest BCUT2D eigenvalue weighted by Gasteiger charge is 2.20. The third kappa shape index (κ3) is 3.14. The minimum atomic E-state index is -1.20. The molecule has 0 atom stereocenters. The number of Topliss-reactive ketones (excluding diaryl/α,β-unsaturated/α-hetero) is 1. The lowest BCUT2D eigenvalue weighted by Gasteiger charge is -2.00. The molecule has 0 radical (unpaired) electrons. The van der Waals surface area contributed by atoms with E-state index in [0.717, 1.165) is 17.0 Å². The van der Waals surface area contributed by atoms with Gasteiger partial charge in [-0.05, 0) is 12.1 Å². The monoisotopic (exact) mass is 277 g/mol. The van der Waals surface area contributed by atoms with E-state index in [1.807, 2.05) is 18.2 Å². The van der Waals surface area contributed by atoms with Crippen LogP contribution >= 0.6 is 11.3 Å². The molecule has 19 heavy (non-hydrogen) atoms. The van der Waals surface area contributed by atoms with Crippen LogP contribution in [0.3, 0.4) is 0 Å². The van der Waals surface area contributed by atoms with Crippen molar-refractivity contribution in [3.63, 3.8) is 0 Å². The normalized spacial score (nSPS) is 10.2. The minimum Gasteiger partial charge on any atom is -0.476 e. The molecule has 0 aliphatic heterocycles. The number of thiazole rings is 1. The topological polar surface area (TPSA) is 92.2 Å². The van der Waals surface area contributed by atoms with E-state index in [9.17, 15) is 9.59 Å². The Morgan fingerprint density at radius 2 is 2.21 bits per heavy atom. The SMILES string of the molecule is CC(=O)c1sc(NCc2ccccn2)nc1C(=O)O. The Morgan fingerprint density at radius 3 is 2.74 bits per heavy atom. The number of pyridine rings is 1. The minimum absolute atomic E-state index is 0.149. The molecule has 0 aliphatic rings. The predicted molar refractivity (Wildman–Crippen MR) is 70.6 cm³/mol. The average molecular weight is 277 g/mol. The summed E-state index contributed by atoms with van der Waals surface area (Å²) in [6.07, 6.45) is 1.67. The zero-order chi connectivity index (χ0) is 13.8. The number of anilines is 1. The molecule has 2 N–H and O–H groups in total. The van der Waals surface area contributed by atoms with Crippen LogP contribution in [0, 0.1) is 0 Å². The van der Waals surface area contributed by atoms with Crippen molar-refractivity contribution in [3.8, 4) is 0 Å². The van der Waals surface area contributed by atoms with Crippen LogP contribution in [0.2, 0.25) is 0 Å². The van der Waals surface area contributed by atoms with Crippen LogP contribution in [0.25, 0.3) is 0 Å². The molecular formula is C12H11N3O3S. The summed E-state index contributed by atoms with van der Waals surface area (Å²) >= 11 is 1.03. The van der Waals surface area contributed by atoms with Crippen molar-refractivity contribution >= 4 is 28.2 Å². The van der Waals surface area contributed by atoms with Gasteiger partial charge in [-0.1, -0.05) is 17.4 Å². The molecule has 98 valence electrons. The number of rotatable bonds is 5. The average Bonchev–Trinajstić information content (AvgIpc) is 2.82. The zero-order valence-electron chi connectivity index (χ0n) is 10.1. The largest absolute Gasteiger partial charge is 0.476 e. The lowest BCUT2D eigenvalue weighted by Crippen LogP contribution is -2.04. The lowest BCUT2D eigenvalue weighted by atomic mass is 10.3. The van der Waals surface area contributed by atoms with Crippen molar-refractivity contribution in [1.82, 2.24) is 9.97 Å². The quantitative estimate of drug-likeness (QED) is 0.813. The molecule has 0 spiro atoms. The summed E-state index contributed by atoms with van der Waals surface area (Å²) < 4.78 is 0. The van der Waals surface area contributed by atoms with Gasteiger partial charge in [0, 0.05) is 13.1 Å². The second-order valence-corrected chi connectivity index (χ2v) is 4.73. The summed E-state index contributed by atoms with van der Waals surface area (Å²) in [6.45, 7) is 1.74. The van der Waals surface area contributed by atoms with E-state index in [1.54, 1.807) is 6.20 Å². The fraction of sp³-hybridized carbons (Fsp3) is 0.167. The third-order valence-corrected chi connectivity index (χ3v) is 3.41. The number of aromatic nitrogens is 2. The highest BCUT2D eigenvalue weighted by molar-refractivity contribution is 7.17. The fourth-order valence-electron chi connectivity index (χ4n) is 1.45. The van der Waals surface area contributed by atoms with Gasteiger partial charge < -0.3 is 10.4 Å². The first kappa shape index (κ1) is 13.2. The Hall–Kier alpha value is -2.28. The van der Waals surface area contributed by atoms with Crippen LogP contribution in [0.4, 0.5) is 5.13 Å². The number of carboxylic acid groups (broad SMARTS) is 1. The van der Waals surface area contributed by atoms with E-state index >= 15 is 0 Å². The summed E-state index contributed by atoms with van der Waals surface area (Å²) in [5.74, 6) is -1.51. The number of carbonyl (C=O) groups excluding carboxylic acids is 1. The van der Waals surface area contributed by atoms with Gasteiger partial charge in [0.25, 0.3) is 0 Å². The maximum atomic E-state index is 11.3.